The van der Waals surface area contributed by atoms with E-state index in [-0.39, 0.29) is 23.3 Å². The Bertz CT molecular complexity index is 442. The average Bonchev–Trinajstić information content (AvgIpc) is 3.05. The van der Waals surface area contributed by atoms with Gasteiger partial charge in [0.1, 0.15) is 0 Å². The lowest BCUT2D eigenvalue weighted by molar-refractivity contribution is -0.143. The first-order valence-corrected chi connectivity index (χ1v) is 9.60. The third kappa shape index (κ3) is 5.20. The van der Waals surface area contributed by atoms with E-state index in [1.165, 1.54) is 0 Å². The molecule has 5 heteroatoms. The number of amides is 2. The van der Waals surface area contributed by atoms with E-state index >= 15 is 0 Å². The van der Waals surface area contributed by atoms with Gasteiger partial charge in [-0.15, -0.1) is 0 Å². The molecule has 0 saturated carbocycles. The van der Waals surface area contributed by atoms with Crippen LogP contribution in [0.4, 0.5) is 0 Å². The van der Waals surface area contributed by atoms with Crippen molar-refractivity contribution in [2.24, 2.45) is 17.3 Å². The van der Waals surface area contributed by atoms with Gasteiger partial charge in [-0.05, 0) is 50.5 Å². The number of rotatable bonds is 6. The molecule has 24 heavy (non-hydrogen) atoms. The maximum Gasteiger partial charge on any atom is 0.237 e. The smallest absolute Gasteiger partial charge is 0.237 e. The van der Waals surface area contributed by atoms with Crippen molar-refractivity contribution in [2.45, 2.75) is 65.8 Å². The second kappa shape index (κ2) is 8.32. The van der Waals surface area contributed by atoms with E-state index in [0.717, 1.165) is 51.7 Å². The fraction of sp³-hybridized carbons (Fsp3) is 0.895. The summed E-state index contributed by atoms with van der Waals surface area (Å²) in [5.41, 5.74) is -0.299. The predicted molar refractivity (Wildman–Crippen MR) is 96.6 cm³/mol. The van der Waals surface area contributed by atoms with E-state index in [0.29, 0.717) is 18.4 Å². The van der Waals surface area contributed by atoms with E-state index in [9.17, 15) is 9.59 Å². The Morgan fingerprint density at radius 1 is 1.25 bits per heavy atom. The Morgan fingerprint density at radius 3 is 2.62 bits per heavy atom. The molecule has 0 aliphatic carbocycles. The van der Waals surface area contributed by atoms with Crippen molar-refractivity contribution in [1.82, 2.24) is 15.5 Å². The first-order chi connectivity index (χ1) is 11.3. The highest BCUT2D eigenvalue weighted by Gasteiger charge is 2.35. The summed E-state index contributed by atoms with van der Waals surface area (Å²) in [5, 5.41) is 6.32. The maximum atomic E-state index is 12.9. The average molecular weight is 338 g/mol. The maximum absolute atomic E-state index is 12.9. The van der Waals surface area contributed by atoms with Crippen molar-refractivity contribution in [1.29, 1.82) is 0 Å². The van der Waals surface area contributed by atoms with Crippen LogP contribution in [0.2, 0.25) is 0 Å². The number of hydrogen-bond acceptors (Lipinski definition) is 3. The molecule has 2 atom stereocenters. The topological polar surface area (TPSA) is 61.4 Å². The number of carbonyl (C=O) groups is 2. The molecule has 0 aromatic rings. The molecule has 0 aromatic carbocycles. The molecule has 2 aliphatic rings. The minimum atomic E-state index is -0.299. The highest BCUT2D eigenvalue weighted by molar-refractivity contribution is 5.82. The highest BCUT2D eigenvalue weighted by atomic mass is 16.2. The number of nitrogens with one attached hydrogen (secondary N) is 2. The van der Waals surface area contributed by atoms with Gasteiger partial charge in [0.05, 0.1) is 6.04 Å². The Balaban J connectivity index is 1.82. The van der Waals surface area contributed by atoms with Gasteiger partial charge in [0.15, 0.2) is 0 Å². The largest absolute Gasteiger partial charge is 0.354 e. The van der Waals surface area contributed by atoms with Crippen LogP contribution < -0.4 is 10.6 Å². The van der Waals surface area contributed by atoms with Gasteiger partial charge >= 0.3 is 0 Å². The molecular formula is C19H35N3O2. The van der Waals surface area contributed by atoms with Gasteiger partial charge in [-0.3, -0.25) is 9.59 Å². The Kier molecular flexibility index (Phi) is 6.67. The minimum absolute atomic E-state index is 0.0173. The molecule has 0 aromatic heterocycles. The first-order valence-electron chi connectivity index (χ1n) is 9.60. The van der Waals surface area contributed by atoms with Crippen LogP contribution in [0.25, 0.3) is 0 Å². The van der Waals surface area contributed by atoms with Crippen LogP contribution in [0, 0.1) is 17.3 Å². The van der Waals surface area contributed by atoms with Gasteiger partial charge < -0.3 is 15.5 Å². The molecule has 2 rings (SSSR count). The number of carbonyl (C=O) groups excluding carboxylic acids is 2. The van der Waals surface area contributed by atoms with Crippen LogP contribution in [0.15, 0.2) is 0 Å². The molecule has 0 bridgehead atoms. The van der Waals surface area contributed by atoms with Gasteiger partial charge in [0.2, 0.25) is 11.8 Å². The molecule has 2 unspecified atom stereocenters. The molecule has 2 heterocycles. The Morgan fingerprint density at radius 2 is 2.00 bits per heavy atom. The summed E-state index contributed by atoms with van der Waals surface area (Å²) in [5.74, 6) is 1.28. The second-order valence-electron chi connectivity index (χ2n) is 8.64. The fourth-order valence-corrected chi connectivity index (χ4v) is 4.23. The molecular weight excluding hydrogens is 302 g/mol. The van der Waals surface area contributed by atoms with E-state index < -0.39 is 0 Å². The van der Waals surface area contributed by atoms with Crippen molar-refractivity contribution >= 4 is 11.8 Å². The summed E-state index contributed by atoms with van der Waals surface area (Å²) in [4.78, 5) is 27.0. The lowest BCUT2D eigenvalue weighted by Gasteiger charge is -2.38. The van der Waals surface area contributed by atoms with Gasteiger partial charge in [0, 0.05) is 25.0 Å². The zero-order valence-corrected chi connectivity index (χ0v) is 15.9. The van der Waals surface area contributed by atoms with Gasteiger partial charge in [-0.25, -0.2) is 0 Å². The zero-order chi connectivity index (χ0) is 17.7. The van der Waals surface area contributed by atoms with Crippen molar-refractivity contribution in [3.63, 3.8) is 0 Å². The highest BCUT2D eigenvalue weighted by Crippen LogP contribution is 2.30. The van der Waals surface area contributed by atoms with E-state index in [1.807, 2.05) is 4.90 Å². The normalized spacial score (nSPS) is 25.1. The third-order valence-electron chi connectivity index (χ3n) is 5.25. The Labute approximate surface area is 146 Å². The van der Waals surface area contributed by atoms with E-state index in [4.69, 9.17) is 0 Å². The molecule has 2 fully saturated rings. The molecule has 0 radical (unpaired) electrons. The summed E-state index contributed by atoms with van der Waals surface area (Å²) in [6, 6.07) is -0.0173. The predicted octanol–water partition coefficient (Wildman–Crippen LogP) is 2.17. The van der Waals surface area contributed by atoms with Crippen LogP contribution in [-0.4, -0.2) is 48.9 Å². The summed E-state index contributed by atoms with van der Waals surface area (Å²) in [6.07, 6.45) is 5.05. The van der Waals surface area contributed by atoms with Crippen LogP contribution in [-0.2, 0) is 9.59 Å². The molecule has 2 amide bonds. The molecule has 2 aliphatic heterocycles. The second-order valence-corrected chi connectivity index (χ2v) is 8.64. The summed E-state index contributed by atoms with van der Waals surface area (Å²) in [6.45, 7) is 11.7. The molecule has 2 saturated heterocycles. The monoisotopic (exact) mass is 337 g/mol. The van der Waals surface area contributed by atoms with Gasteiger partial charge in [0.25, 0.3) is 0 Å². The lowest BCUT2D eigenvalue weighted by atomic mass is 9.82. The van der Waals surface area contributed by atoms with Crippen molar-refractivity contribution in [2.75, 3.05) is 26.2 Å². The summed E-state index contributed by atoms with van der Waals surface area (Å²) in [7, 11) is 0. The fourth-order valence-electron chi connectivity index (χ4n) is 4.23. The van der Waals surface area contributed by atoms with Crippen LogP contribution >= 0.6 is 0 Å². The number of hydrogen-bond donors (Lipinski definition) is 2. The van der Waals surface area contributed by atoms with E-state index in [2.05, 4.69) is 38.3 Å². The first kappa shape index (κ1) is 19.2. The number of piperidine rings is 1. The summed E-state index contributed by atoms with van der Waals surface area (Å²) >= 11 is 0. The van der Waals surface area contributed by atoms with Crippen LogP contribution in [0.3, 0.4) is 0 Å². The third-order valence-corrected chi connectivity index (χ3v) is 5.25. The van der Waals surface area contributed by atoms with Crippen molar-refractivity contribution < 1.29 is 9.59 Å². The van der Waals surface area contributed by atoms with Crippen molar-refractivity contribution in [3.8, 4) is 0 Å². The minimum Gasteiger partial charge on any atom is -0.354 e. The number of nitrogens with zero attached hydrogens (tertiary/aromatic N) is 1. The molecule has 0 spiro atoms. The van der Waals surface area contributed by atoms with Crippen molar-refractivity contribution in [3.05, 3.63) is 0 Å². The molecule has 2 N–H and O–H groups in total. The standard InChI is InChI=1S/C19H35N3O2/c1-14(2)11-19(3,4)18(24)22-10-6-7-15(13-22)12-21-17(23)16-8-5-9-20-16/h14-16,20H,5-13H2,1-4H3,(H,21,23). The summed E-state index contributed by atoms with van der Waals surface area (Å²) < 4.78 is 0. The Hall–Kier alpha value is -1.10. The van der Waals surface area contributed by atoms with Crippen LogP contribution in [0.1, 0.15) is 59.8 Å². The van der Waals surface area contributed by atoms with Crippen LogP contribution in [0.5, 0.6) is 0 Å². The lowest BCUT2D eigenvalue weighted by Crippen LogP contribution is -2.49. The SMILES string of the molecule is CC(C)CC(C)(C)C(=O)N1CCCC(CNC(=O)C2CCCN2)C1. The van der Waals surface area contributed by atoms with Gasteiger partial charge in [-0.1, -0.05) is 27.7 Å². The molecule has 5 nitrogen and oxygen atoms in total. The zero-order valence-electron chi connectivity index (χ0n) is 15.9. The quantitative estimate of drug-likeness (QED) is 0.781. The molecule has 138 valence electrons. The van der Waals surface area contributed by atoms with Gasteiger partial charge in [-0.2, -0.15) is 0 Å². The number of likely N-dealkylation sites (tertiary alicyclic amines) is 1. The van der Waals surface area contributed by atoms with E-state index in [1.54, 1.807) is 0 Å².